The molecule has 0 aliphatic carbocycles. The molecule has 2 rings (SSSR count). The van der Waals surface area contributed by atoms with Gasteiger partial charge in [0, 0.05) is 10.7 Å². The van der Waals surface area contributed by atoms with Crippen LogP contribution in [0.5, 0.6) is 0 Å². The fraction of sp³-hybridized carbons (Fsp3) is 0.214. The Morgan fingerprint density at radius 3 is 2.43 bits per heavy atom. The van der Waals surface area contributed by atoms with Gasteiger partial charge in [0.05, 0.1) is 17.3 Å². The Balaban J connectivity index is 2.46. The maximum absolute atomic E-state index is 13.3. The highest BCUT2D eigenvalue weighted by Gasteiger charge is 2.34. The lowest BCUT2D eigenvalue weighted by molar-refractivity contribution is -0.140. The van der Waals surface area contributed by atoms with Crippen molar-refractivity contribution in [3.63, 3.8) is 0 Å². The van der Waals surface area contributed by atoms with Crippen molar-refractivity contribution < 1.29 is 17.6 Å². The third-order valence-electron chi connectivity index (χ3n) is 2.96. The molecule has 0 saturated heterocycles. The second-order valence-corrected chi connectivity index (χ2v) is 5.28. The molecule has 1 aromatic heterocycles. The van der Waals surface area contributed by atoms with Crippen molar-refractivity contribution >= 4 is 15.9 Å². The number of rotatable bonds is 3. The van der Waals surface area contributed by atoms with E-state index in [2.05, 4.69) is 26.2 Å². The van der Waals surface area contributed by atoms with Crippen LogP contribution in [0.15, 0.2) is 41.0 Å². The zero-order valence-electron chi connectivity index (χ0n) is 10.9. The first-order valence-electron chi connectivity index (χ1n) is 5.98. The number of hydrogen-bond acceptors (Lipinski definition) is 2. The summed E-state index contributed by atoms with van der Waals surface area (Å²) in [6, 6.07) is 5.81. The molecule has 1 aromatic carbocycles. The Bertz CT molecular complexity index is 626. The van der Waals surface area contributed by atoms with Gasteiger partial charge in [0.1, 0.15) is 5.82 Å². The van der Waals surface area contributed by atoms with Crippen molar-refractivity contribution in [1.29, 1.82) is 0 Å². The Morgan fingerprint density at radius 2 is 1.90 bits per heavy atom. The Kier molecular flexibility index (Phi) is 4.63. The van der Waals surface area contributed by atoms with Crippen molar-refractivity contribution in [2.45, 2.75) is 12.2 Å². The van der Waals surface area contributed by atoms with Crippen molar-refractivity contribution in [2.24, 2.45) is 0 Å². The molecule has 0 fully saturated rings. The zero-order chi connectivity index (χ0) is 15.6. The van der Waals surface area contributed by atoms with Crippen LogP contribution in [0, 0.1) is 5.82 Å². The van der Waals surface area contributed by atoms with Crippen LogP contribution in [-0.2, 0) is 6.18 Å². The summed E-state index contributed by atoms with van der Waals surface area (Å²) < 4.78 is 52.4. The first-order chi connectivity index (χ1) is 9.82. The summed E-state index contributed by atoms with van der Waals surface area (Å²) in [4.78, 5) is 4.16. The predicted octanol–water partition coefficient (Wildman–Crippen LogP) is 4.31. The molecule has 1 heterocycles. The van der Waals surface area contributed by atoms with Crippen LogP contribution in [0.25, 0.3) is 0 Å². The van der Waals surface area contributed by atoms with Gasteiger partial charge in [-0.1, -0.05) is 6.07 Å². The number of aromatic nitrogens is 1. The normalized spacial score (nSPS) is 13.2. The largest absolute Gasteiger partial charge is 0.419 e. The van der Waals surface area contributed by atoms with E-state index in [1.807, 2.05) is 0 Å². The molecule has 112 valence electrons. The van der Waals surface area contributed by atoms with Gasteiger partial charge in [-0.15, -0.1) is 0 Å². The van der Waals surface area contributed by atoms with Crippen molar-refractivity contribution in [3.8, 4) is 0 Å². The van der Waals surface area contributed by atoms with Gasteiger partial charge in [0.25, 0.3) is 0 Å². The van der Waals surface area contributed by atoms with Gasteiger partial charge in [-0.3, -0.25) is 4.98 Å². The number of pyridine rings is 1. The van der Waals surface area contributed by atoms with Crippen molar-refractivity contribution in [2.75, 3.05) is 7.05 Å². The molecule has 0 radical (unpaired) electrons. The molecule has 21 heavy (non-hydrogen) atoms. The van der Waals surface area contributed by atoms with E-state index in [1.165, 1.54) is 6.07 Å². The summed E-state index contributed by atoms with van der Waals surface area (Å²) in [5, 5.41) is 2.88. The highest BCUT2D eigenvalue weighted by molar-refractivity contribution is 9.10. The molecular formula is C14H11BrF4N2. The van der Waals surface area contributed by atoms with Gasteiger partial charge in [-0.25, -0.2) is 4.39 Å². The van der Waals surface area contributed by atoms with E-state index >= 15 is 0 Å². The van der Waals surface area contributed by atoms with Crippen LogP contribution in [0.4, 0.5) is 17.6 Å². The average molecular weight is 363 g/mol. The Hall–Kier alpha value is -1.47. The molecule has 0 saturated carbocycles. The predicted molar refractivity (Wildman–Crippen MR) is 74.2 cm³/mol. The molecule has 1 N–H and O–H groups in total. The second-order valence-electron chi connectivity index (χ2n) is 4.36. The summed E-state index contributed by atoms with van der Waals surface area (Å²) in [5.74, 6) is -1.29. The van der Waals surface area contributed by atoms with E-state index in [-0.39, 0.29) is 0 Å². The molecule has 0 spiro atoms. The Morgan fingerprint density at radius 1 is 1.19 bits per heavy atom. The third-order valence-corrected chi connectivity index (χ3v) is 3.43. The molecule has 1 unspecified atom stereocenters. The number of nitrogens with zero attached hydrogens (tertiary/aromatic N) is 1. The molecule has 0 amide bonds. The highest BCUT2D eigenvalue weighted by atomic mass is 79.9. The van der Waals surface area contributed by atoms with Crippen LogP contribution in [0.2, 0.25) is 0 Å². The summed E-state index contributed by atoms with van der Waals surface area (Å²) in [6.45, 7) is 0. The average Bonchev–Trinajstić information content (AvgIpc) is 2.42. The van der Waals surface area contributed by atoms with E-state index in [4.69, 9.17) is 0 Å². The first kappa shape index (κ1) is 15.9. The summed E-state index contributed by atoms with van der Waals surface area (Å²) in [7, 11) is 1.60. The summed E-state index contributed by atoms with van der Waals surface area (Å²) in [6.07, 6.45) is -3.18. The van der Waals surface area contributed by atoms with E-state index in [0.717, 1.165) is 16.6 Å². The van der Waals surface area contributed by atoms with Crippen LogP contribution < -0.4 is 5.32 Å². The molecular weight excluding hydrogens is 352 g/mol. The number of benzene rings is 1. The second kappa shape index (κ2) is 6.11. The molecule has 7 heteroatoms. The van der Waals surface area contributed by atoms with Gasteiger partial charge in [-0.2, -0.15) is 13.2 Å². The smallest absolute Gasteiger partial charge is 0.308 e. The van der Waals surface area contributed by atoms with Crippen LogP contribution >= 0.6 is 15.9 Å². The maximum atomic E-state index is 13.3. The fourth-order valence-corrected chi connectivity index (χ4v) is 2.22. The topological polar surface area (TPSA) is 24.9 Å². The van der Waals surface area contributed by atoms with Crippen LogP contribution in [0.1, 0.15) is 22.9 Å². The maximum Gasteiger partial charge on any atom is 0.419 e. The molecule has 0 bridgehead atoms. The standard InChI is InChI=1S/C14H11BrF4N2/c1-20-13(12-5-3-9(15)7-21-12)8-2-4-11(16)10(6-8)14(17,18)19/h2-7,13,20H,1H3. The van der Waals surface area contributed by atoms with Gasteiger partial charge < -0.3 is 5.32 Å². The van der Waals surface area contributed by atoms with E-state index in [1.54, 1.807) is 25.4 Å². The fourth-order valence-electron chi connectivity index (χ4n) is 1.98. The minimum absolute atomic E-state index is 0.293. The van der Waals surface area contributed by atoms with E-state index in [0.29, 0.717) is 11.3 Å². The van der Waals surface area contributed by atoms with Crippen molar-refractivity contribution in [3.05, 3.63) is 63.6 Å². The molecule has 0 aliphatic heterocycles. The van der Waals surface area contributed by atoms with Gasteiger partial charge in [0.2, 0.25) is 0 Å². The third kappa shape index (κ3) is 3.59. The van der Waals surface area contributed by atoms with Gasteiger partial charge in [0.15, 0.2) is 0 Å². The molecule has 1 atom stereocenters. The quantitative estimate of drug-likeness (QED) is 0.823. The number of hydrogen-bond donors (Lipinski definition) is 1. The number of nitrogens with one attached hydrogen (secondary N) is 1. The molecule has 0 aliphatic rings. The summed E-state index contributed by atoms with van der Waals surface area (Å²) in [5.41, 5.74) is -0.446. The van der Waals surface area contributed by atoms with E-state index in [9.17, 15) is 17.6 Å². The minimum atomic E-state index is -4.73. The van der Waals surface area contributed by atoms with E-state index < -0.39 is 23.6 Å². The van der Waals surface area contributed by atoms with Gasteiger partial charge in [-0.05, 0) is 52.8 Å². The van der Waals surface area contributed by atoms with Crippen LogP contribution in [-0.4, -0.2) is 12.0 Å². The van der Waals surface area contributed by atoms with Crippen LogP contribution in [0.3, 0.4) is 0 Å². The Labute approximate surface area is 127 Å². The monoisotopic (exact) mass is 362 g/mol. The SMILES string of the molecule is CNC(c1ccc(F)c(C(F)(F)F)c1)c1ccc(Br)cn1. The zero-order valence-corrected chi connectivity index (χ0v) is 12.5. The molecule has 2 nitrogen and oxygen atoms in total. The number of halogens is 5. The highest BCUT2D eigenvalue weighted by Crippen LogP contribution is 2.33. The lowest BCUT2D eigenvalue weighted by atomic mass is 10.0. The summed E-state index contributed by atoms with van der Waals surface area (Å²) >= 11 is 3.24. The lowest BCUT2D eigenvalue weighted by Crippen LogP contribution is -2.20. The van der Waals surface area contributed by atoms with Gasteiger partial charge >= 0.3 is 6.18 Å². The first-order valence-corrected chi connectivity index (χ1v) is 6.77. The molecule has 2 aromatic rings. The number of alkyl halides is 3. The minimum Gasteiger partial charge on any atom is -0.308 e. The van der Waals surface area contributed by atoms with Crippen molar-refractivity contribution in [1.82, 2.24) is 10.3 Å². The lowest BCUT2D eigenvalue weighted by Gasteiger charge is -2.18.